The SMILES string of the molecule is O=C(COC(=O)c1cc(Cl)sc1Cl)Nc1ccc2c(c1)C(=O)c1ccccc1C2=O. The largest absolute Gasteiger partial charge is 0.452 e. The van der Waals surface area contributed by atoms with Gasteiger partial charge in [0.1, 0.15) is 4.34 Å². The topological polar surface area (TPSA) is 89.5 Å². The molecule has 4 rings (SSSR count). The number of ketones is 2. The monoisotopic (exact) mass is 459 g/mol. The maximum absolute atomic E-state index is 12.7. The van der Waals surface area contributed by atoms with Crippen LogP contribution in [0.25, 0.3) is 0 Å². The number of hydrogen-bond donors (Lipinski definition) is 1. The van der Waals surface area contributed by atoms with Crippen LogP contribution in [0.2, 0.25) is 8.67 Å². The van der Waals surface area contributed by atoms with Crippen molar-refractivity contribution >= 4 is 63.7 Å². The lowest BCUT2D eigenvalue weighted by molar-refractivity contribution is -0.119. The highest BCUT2D eigenvalue weighted by Crippen LogP contribution is 2.32. The lowest BCUT2D eigenvalue weighted by Gasteiger charge is -2.18. The number of ether oxygens (including phenoxy) is 1. The third-order valence-corrected chi connectivity index (χ3v) is 5.91. The standard InChI is InChI=1S/C21H11Cl2NO5S/c22-16-8-15(20(23)30-16)21(28)29-9-17(25)24-10-5-6-13-14(7-10)19(27)12-4-2-1-3-11(12)18(13)26/h1-8H,9H2,(H,24,25). The second-order valence-electron chi connectivity index (χ2n) is 6.33. The Balaban J connectivity index is 1.46. The molecule has 1 aliphatic carbocycles. The number of nitrogens with one attached hydrogen (secondary N) is 1. The van der Waals surface area contributed by atoms with Gasteiger partial charge in [0, 0.05) is 27.9 Å². The van der Waals surface area contributed by atoms with Gasteiger partial charge in [-0.2, -0.15) is 0 Å². The molecule has 1 aromatic heterocycles. The van der Waals surface area contributed by atoms with Crippen LogP contribution in [0, 0.1) is 0 Å². The Kier molecular flexibility index (Phi) is 5.42. The van der Waals surface area contributed by atoms with E-state index in [1.165, 1.54) is 24.3 Å². The Morgan fingerprint density at radius 2 is 1.53 bits per heavy atom. The van der Waals surface area contributed by atoms with Gasteiger partial charge in [-0.25, -0.2) is 4.79 Å². The molecular formula is C21H11Cl2NO5S. The minimum atomic E-state index is -0.777. The molecule has 0 radical (unpaired) electrons. The summed E-state index contributed by atoms with van der Waals surface area (Å²) in [6, 6.07) is 12.4. The molecule has 2 aromatic carbocycles. The third kappa shape index (κ3) is 3.75. The second kappa shape index (κ2) is 8.02. The van der Waals surface area contributed by atoms with Gasteiger partial charge in [0.15, 0.2) is 18.2 Å². The molecule has 9 heteroatoms. The van der Waals surface area contributed by atoms with Crippen LogP contribution in [-0.4, -0.2) is 30.0 Å². The zero-order chi connectivity index (χ0) is 21.4. The highest BCUT2D eigenvalue weighted by molar-refractivity contribution is 7.20. The van der Waals surface area contributed by atoms with Crippen LogP contribution in [0.5, 0.6) is 0 Å². The molecule has 0 atom stereocenters. The van der Waals surface area contributed by atoms with Crippen LogP contribution in [0.4, 0.5) is 5.69 Å². The van der Waals surface area contributed by atoms with E-state index in [4.69, 9.17) is 27.9 Å². The fourth-order valence-electron chi connectivity index (χ4n) is 3.06. The Hall–Kier alpha value is -3.00. The van der Waals surface area contributed by atoms with Crippen molar-refractivity contribution < 1.29 is 23.9 Å². The Bertz CT molecular complexity index is 1230. The first-order valence-electron chi connectivity index (χ1n) is 8.59. The van der Waals surface area contributed by atoms with Crippen molar-refractivity contribution in [2.24, 2.45) is 0 Å². The average Bonchev–Trinajstić information content (AvgIpc) is 3.08. The summed E-state index contributed by atoms with van der Waals surface area (Å²) in [6.45, 7) is -0.560. The number of amides is 1. The molecule has 0 saturated carbocycles. The number of hydrogen-bond acceptors (Lipinski definition) is 6. The van der Waals surface area contributed by atoms with Crippen LogP contribution >= 0.6 is 34.5 Å². The lowest BCUT2D eigenvalue weighted by atomic mass is 9.84. The molecule has 0 spiro atoms. The molecule has 1 aliphatic rings. The Morgan fingerprint density at radius 3 is 2.17 bits per heavy atom. The average molecular weight is 460 g/mol. The van der Waals surface area contributed by atoms with Gasteiger partial charge in [-0.3, -0.25) is 14.4 Å². The van der Waals surface area contributed by atoms with Crippen LogP contribution in [0.3, 0.4) is 0 Å². The molecule has 1 amide bonds. The summed E-state index contributed by atoms with van der Waals surface area (Å²) >= 11 is 12.7. The fraction of sp³-hybridized carbons (Fsp3) is 0.0476. The minimum Gasteiger partial charge on any atom is -0.452 e. The maximum Gasteiger partial charge on any atom is 0.341 e. The van der Waals surface area contributed by atoms with E-state index in [0.717, 1.165) is 11.3 Å². The number of carbonyl (C=O) groups is 4. The van der Waals surface area contributed by atoms with Gasteiger partial charge in [0.25, 0.3) is 5.91 Å². The number of fused-ring (bicyclic) bond motifs is 2. The number of anilines is 1. The van der Waals surface area contributed by atoms with E-state index in [-0.39, 0.29) is 32.6 Å². The van der Waals surface area contributed by atoms with Crippen LogP contribution in [0.15, 0.2) is 48.5 Å². The van der Waals surface area contributed by atoms with Crippen LogP contribution < -0.4 is 5.32 Å². The van der Waals surface area contributed by atoms with Gasteiger partial charge < -0.3 is 10.1 Å². The van der Waals surface area contributed by atoms with Gasteiger partial charge in [-0.1, -0.05) is 47.5 Å². The van der Waals surface area contributed by atoms with Gasteiger partial charge in [0.05, 0.1) is 9.90 Å². The van der Waals surface area contributed by atoms with Crippen molar-refractivity contribution in [1.29, 1.82) is 0 Å². The molecule has 0 unspecified atom stereocenters. The summed E-state index contributed by atoms with van der Waals surface area (Å²) in [4.78, 5) is 49.5. The number of benzene rings is 2. The highest BCUT2D eigenvalue weighted by Gasteiger charge is 2.29. The summed E-state index contributed by atoms with van der Waals surface area (Å²) < 4.78 is 5.44. The number of carbonyl (C=O) groups excluding carboxylic acids is 4. The zero-order valence-corrected chi connectivity index (χ0v) is 17.4. The van der Waals surface area contributed by atoms with E-state index in [1.54, 1.807) is 24.3 Å². The lowest BCUT2D eigenvalue weighted by Crippen LogP contribution is -2.23. The maximum atomic E-state index is 12.7. The van der Waals surface area contributed by atoms with Gasteiger partial charge in [-0.15, -0.1) is 11.3 Å². The van der Waals surface area contributed by atoms with Crippen molar-refractivity contribution in [3.8, 4) is 0 Å². The number of thiophene rings is 1. The molecule has 0 fully saturated rings. The smallest absolute Gasteiger partial charge is 0.341 e. The Labute approximate surface area is 184 Å². The van der Waals surface area contributed by atoms with Crippen molar-refractivity contribution in [3.05, 3.63) is 85.0 Å². The van der Waals surface area contributed by atoms with Gasteiger partial charge in [-0.05, 0) is 24.3 Å². The van der Waals surface area contributed by atoms with E-state index in [0.29, 0.717) is 21.2 Å². The number of halogens is 2. The summed E-state index contributed by atoms with van der Waals surface area (Å²) in [7, 11) is 0. The molecule has 6 nitrogen and oxygen atoms in total. The summed E-state index contributed by atoms with van der Waals surface area (Å²) in [5.74, 6) is -1.94. The minimum absolute atomic E-state index is 0.0796. The van der Waals surface area contributed by atoms with Crippen molar-refractivity contribution in [2.45, 2.75) is 0 Å². The van der Waals surface area contributed by atoms with Gasteiger partial charge >= 0.3 is 5.97 Å². The zero-order valence-electron chi connectivity index (χ0n) is 15.0. The third-order valence-electron chi connectivity index (χ3n) is 4.42. The first-order chi connectivity index (χ1) is 14.3. The highest BCUT2D eigenvalue weighted by atomic mass is 35.5. The van der Waals surface area contributed by atoms with Crippen molar-refractivity contribution in [3.63, 3.8) is 0 Å². The predicted octanol–water partition coefficient (Wildman–Crippen LogP) is 4.63. The first-order valence-corrected chi connectivity index (χ1v) is 10.2. The molecule has 1 heterocycles. The predicted molar refractivity (Wildman–Crippen MR) is 113 cm³/mol. The van der Waals surface area contributed by atoms with Gasteiger partial charge in [0.2, 0.25) is 0 Å². The van der Waals surface area contributed by atoms with Crippen molar-refractivity contribution in [2.75, 3.05) is 11.9 Å². The molecule has 0 saturated heterocycles. The van der Waals surface area contributed by atoms with E-state index < -0.39 is 18.5 Å². The van der Waals surface area contributed by atoms with E-state index in [9.17, 15) is 19.2 Å². The van der Waals surface area contributed by atoms with E-state index in [1.807, 2.05) is 0 Å². The normalized spacial score (nSPS) is 12.2. The van der Waals surface area contributed by atoms with Crippen LogP contribution in [-0.2, 0) is 9.53 Å². The quantitative estimate of drug-likeness (QED) is 0.449. The fourth-order valence-corrected chi connectivity index (χ4v) is 4.50. The molecular weight excluding hydrogens is 449 g/mol. The number of esters is 1. The number of rotatable bonds is 4. The summed E-state index contributed by atoms with van der Waals surface area (Å²) in [5.41, 5.74) is 1.52. The second-order valence-corrected chi connectivity index (χ2v) is 8.61. The molecule has 30 heavy (non-hydrogen) atoms. The van der Waals surface area contributed by atoms with E-state index >= 15 is 0 Å². The van der Waals surface area contributed by atoms with E-state index in [2.05, 4.69) is 5.32 Å². The summed E-state index contributed by atoms with van der Waals surface area (Å²) in [6.07, 6.45) is 0. The summed E-state index contributed by atoms with van der Waals surface area (Å²) in [5, 5.41) is 2.54. The molecule has 150 valence electrons. The molecule has 0 bridgehead atoms. The molecule has 3 aromatic rings. The first kappa shape index (κ1) is 20.3. The van der Waals surface area contributed by atoms with Crippen molar-refractivity contribution in [1.82, 2.24) is 0 Å². The molecule has 0 aliphatic heterocycles. The molecule has 1 N–H and O–H groups in total. The Morgan fingerprint density at radius 1 is 0.900 bits per heavy atom. The van der Waals surface area contributed by atoms with Crippen LogP contribution in [0.1, 0.15) is 42.2 Å².